The van der Waals surface area contributed by atoms with Gasteiger partial charge in [-0.3, -0.25) is 4.79 Å². The van der Waals surface area contributed by atoms with Crippen LogP contribution in [0.3, 0.4) is 0 Å². The number of carbonyl (C=O) groups excluding carboxylic acids is 1. The first kappa shape index (κ1) is 26.9. The largest absolute Gasteiger partial charge is 0.385 e. The van der Waals surface area contributed by atoms with Gasteiger partial charge < -0.3 is 19.2 Å². The first-order chi connectivity index (χ1) is 19.0. The van der Waals surface area contributed by atoms with Gasteiger partial charge in [0.1, 0.15) is 0 Å². The predicted octanol–water partition coefficient (Wildman–Crippen LogP) is 5.47. The second-order valence-electron chi connectivity index (χ2n) is 10.6. The van der Waals surface area contributed by atoms with Gasteiger partial charge in [-0.15, -0.1) is 0 Å². The minimum absolute atomic E-state index is 0.260. The van der Waals surface area contributed by atoms with Gasteiger partial charge in [-0.1, -0.05) is 42.5 Å². The summed E-state index contributed by atoms with van der Waals surface area (Å²) in [6.45, 7) is 5.55. The summed E-state index contributed by atoms with van der Waals surface area (Å²) < 4.78 is 7.82. The average molecular weight is 527 g/mol. The monoisotopic (exact) mass is 526 g/mol. The third-order valence-corrected chi connectivity index (χ3v) is 7.98. The molecule has 4 aromatic rings. The zero-order valence-corrected chi connectivity index (χ0v) is 23.0. The van der Waals surface area contributed by atoms with Crippen molar-refractivity contribution in [2.45, 2.75) is 57.9 Å². The molecule has 0 radical (unpaired) electrons. The van der Waals surface area contributed by atoms with Crippen molar-refractivity contribution in [3.05, 3.63) is 88.2 Å². The van der Waals surface area contributed by atoms with Crippen LogP contribution in [0, 0.1) is 6.92 Å². The van der Waals surface area contributed by atoms with E-state index >= 15 is 0 Å². The molecule has 2 aromatic heterocycles. The number of amides is 1. The quantitative estimate of drug-likeness (QED) is 0.278. The van der Waals surface area contributed by atoms with Crippen LogP contribution in [0.15, 0.2) is 65.7 Å². The van der Waals surface area contributed by atoms with E-state index in [0.717, 1.165) is 69.5 Å². The number of aromatic nitrogens is 3. The molecule has 1 atom stereocenters. The Labute approximate surface area is 229 Å². The van der Waals surface area contributed by atoms with Crippen molar-refractivity contribution >= 4 is 16.8 Å². The molecule has 0 saturated carbocycles. The van der Waals surface area contributed by atoms with E-state index in [1.807, 2.05) is 12.1 Å². The number of benzene rings is 2. The molecular formula is C32H38N4O3. The lowest BCUT2D eigenvalue weighted by Gasteiger charge is -2.34. The van der Waals surface area contributed by atoms with Gasteiger partial charge in [-0.25, -0.2) is 9.78 Å². The van der Waals surface area contributed by atoms with Crippen LogP contribution in [0.4, 0.5) is 0 Å². The van der Waals surface area contributed by atoms with Gasteiger partial charge in [0.2, 0.25) is 5.91 Å². The molecule has 1 saturated heterocycles. The third kappa shape index (κ3) is 6.14. The molecule has 1 aliphatic heterocycles. The Morgan fingerprint density at radius 1 is 1.10 bits per heavy atom. The Morgan fingerprint density at radius 3 is 2.69 bits per heavy atom. The van der Waals surface area contributed by atoms with Gasteiger partial charge in [0, 0.05) is 80.2 Å². The fourth-order valence-electron chi connectivity index (χ4n) is 6.02. The van der Waals surface area contributed by atoms with Crippen molar-refractivity contribution in [3.8, 4) is 11.1 Å². The van der Waals surface area contributed by atoms with Crippen molar-refractivity contribution in [2.24, 2.45) is 0 Å². The number of hydrogen-bond donors (Lipinski definition) is 1. The van der Waals surface area contributed by atoms with Gasteiger partial charge in [0.15, 0.2) is 0 Å². The minimum atomic E-state index is -0.348. The summed E-state index contributed by atoms with van der Waals surface area (Å²) in [5.41, 5.74) is 6.77. The highest BCUT2D eigenvalue weighted by molar-refractivity contribution is 5.85. The maximum atomic E-state index is 13.3. The number of aryl methyl sites for hydroxylation is 3. The van der Waals surface area contributed by atoms with Crippen LogP contribution in [0.5, 0.6) is 0 Å². The van der Waals surface area contributed by atoms with Crippen molar-refractivity contribution < 1.29 is 9.53 Å². The van der Waals surface area contributed by atoms with E-state index in [0.29, 0.717) is 12.3 Å². The van der Waals surface area contributed by atoms with E-state index < -0.39 is 0 Å². The molecule has 1 N–H and O–H groups in total. The molecule has 39 heavy (non-hydrogen) atoms. The van der Waals surface area contributed by atoms with Gasteiger partial charge in [-0.05, 0) is 61.8 Å². The predicted molar refractivity (Wildman–Crippen MR) is 155 cm³/mol. The fourth-order valence-corrected chi connectivity index (χ4v) is 6.02. The zero-order valence-electron chi connectivity index (χ0n) is 23.0. The molecule has 0 aliphatic carbocycles. The Hall–Kier alpha value is -3.71. The number of nitrogens with one attached hydrogen (secondary N) is 1. The highest BCUT2D eigenvalue weighted by atomic mass is 16.5. The number of likely N-dealkylation sites (tertiary alicyclic amines) is 1. The summed E-state index contributed by atoms with van der Waals surface area (Å²) in [7, 11) is 1.76. The highest BCUT2D eigenvalue weighted by Crippen LogP contribution is 2.36. The Morgan fingerprint density at radius 2 is 1.92 bits per heavy atom. The molecule has 0 bridgehead atoms. The number of nitrogens with zero attached hydrogens (tertiary/aromatic N) is 3. The summed E-state index contributed by atoms with van der Waals surface area (Å²) in [6, 6.07) is 16.9. The smallest absolute Gasteiger partial charge is 0.344 e. The Kier molecular flexibility index (Phi) is 8.57. The van der Waals surface area contributed by atoms with E-state index in [2.05, 4.69) is 62.8 Å². The van der Waals surface area contributed by atoms with Crippen LogP contribution in [-0.2, 0) is 22.5 Å². The van der Waals surface area contributed by atoms with Gasteiger partial charge >= 0.3 is 5.69 Å². The molecule has 204 valence electrons. The summed E-state index contributed by atoms with van der Waals surface area (Å²) >= 11 is 0. The summed E-state index contributed by atoms with van der Waals surface area (Å²) in [5, 5.41) is 1.32. The van der Waals surface area contributed by atoms with Crippen molar-refractivity contribution in [1.82, 2.24) is 19.4 Å². The van der Waals surface area contributed by atoms with Crippen molar-refractivity contribution in [2.75, 3.05) is 26.8 Å². The summed E-state index contributed by atoms with van der Waals surface area (Å²) in [4.78, 5) is 32.9. The van der Waals surface area contributed by atoms with Gasteiger partial charge in [-0.2, -0.15) is 0 Å². The number of fused-ring (bicyclic) bond motifs is 1. The molecule has 2 aromatic carbocycles. The van der Waals surface area contributed by atoms with Crippen LogP contribution in [-0.4, -0.2) is 52.1 Å². The second kappa shape index (κ2) is 12.4. The second-order valence-corrected chi connectivity index (χ2v) is 10.6. The Balaban J connectivity index is 1.21. The van der Waals surface area contributed by atoms with Crippen LogP contribution in [0.25, 0.3) is 22.0 Å². The lowest BCUT2D eigenvalue weighted by molar-refractivity contribution is -0.132. The van der Waals surface area contributed by atoms with Crippen LogP contribution >= 0.6 is 0 Å². The molecule has 1 fully saturated rings. The molecule has 1 amide bonds. The molecule has 0 spiro atoms. The molecule has 1 aliphatic rings. The van der Waals surface area contributed by atoms with Crippen molar-refractivity contribution in [3.63, 3.8) is 0 Å². The first-order valence-corrected chi connectivity index (χ1v) is 14.0. The normalized spacial score (nSPS) is 15.6. The molecule has 7 nitrogen and oxygen atoms in total. The highest BCUT2D eigenvalue weighted by Gasteiger charge is 2.29. The maximum absolute atomic E-state index is 13.3. The van der Waals surface area contributed by atoms with Gasteiger partial charge in [0.05, 0.1) is 0 Å². The summed E-state index contributed by atoms with van der Waals surface area (Å²) in [6.07, 6.45) is 8.64. The third-order valence-electron chi connectivity index (χ3n) is 7.98. The van der Waals surface area contributed by atoms with E-state index in [9.17, 15) is 9.59 Å². The molecule has 1 unspecified atom stereocenters. The van der Waals surface area contributed by atoms with E-state index in [-0.39, 0.29) is 11.6 Å². The number of carbonyl (C=O) groups is 1. The lowest BCUT2D eigenvalue weighted by Crippen LogP contribution is -2.39. The first-order valence-electron chi connectivity index (χ1n) is 14.0. The number of hydrogen-bond acceptors (Lipinski definition) is 4. The maximum Gasteiger partial charge on any atom is 0.344 e. The summed E-state index contributed by atoms with van der Waals surface area (Å²) in [5.74, 6) is 0.614. The molecular weight excluding hydrogens is 488 g/mol. The number of rotatable bonds is 10. The number of aromatic amines is 1. The zero-order chi connectivity index (χ0) is 27.2. The minimum Gasteiger partial charge on any atom is -0.385 e. The molecule has 7 heteroatoms. The number of H-pyrrole nitrogens is 1. The van der Waals surface area contributed by atoms with Crippen LogP contribution in [0.2, 0.25) is 0 Å². The average Bonchev–Trinajstić information content (AvgIpc) is 3.25. The lowest BCUT2D eigenvalue weighted by atomic mass is 9.91. The number of piperidine rings is 1. The standard InChI is InChI=1S/C32H38N4O3/c1-23-28-10-3-4-11-29(28)36(18-7-19-39-2)31(23)26-9-6-17-35(22-26)30(37)12-5-8-24-13-15-25(16-14-24)27-20-33-32(38)34-21-27/h3-4,10-11,13-16,20-21,26H,5-9,12,17-19,22H2,1-2H3,(H,33,34,38). The van der Waals surface area contributed by atoms with Crippen LogP contribution < -0.4 is 5.69 Å². The van der Waals surface area contributed by atoms with Crippen LogP contribution in [0.1, 0.15) is 54.8 Å². The number of ether oxygens (including phenoxy) is 1. The SMILES string of the molecule is COCCCn1c(C2CCCN(C(=O)CCCc3ccc(-c4cnc(=O)[nH]c4)cc3)C2)c(C)c2ccccc21. The van der Waals surface area contributed by atoms with E-state index in [1.54, 1.807) is 19.5 Å². The van der Waals surface area contributed by atoms with Gasteiger partial charge in [0.25, 0.3) is 0 Å². The van der Waals surface area contributed by atoms with Crippen molar-refractivity contribution in [1.29, 1.82) is 0 Å². The van der Waals surface area contributed by atoms with E-state index in [4.69, 9.17) is 4.74 Å². The molecule has 3 heterocycles. The topological polar surface area (TPSA) is 80.2 Å². The number of para-hydroxylation sites is 1. The molecule has 5 rings (SSSR count). The number of methoxy groups -OCH3 is 1. The van der Waals surface area contributed by atoms with E-state index in [1.165, 1.54) is 27.7 Å². The fraction of sp³-hybridized carbons (Fsp3) is 0.406. The Bertz CT molecular complexity index is 1450.